The first-order valence-corrected chi connectivity index (χ1v) is 4.47. The summed E-state index contributed by atoms with van der Waals surface area (Å²) in [6.07, 6.45) is -0.640. The van der Waals surface area contributed by atoms with Crippen LogP contribution in [0.2, 0.25) is 0 Å². The Labute approximate surface area is 80.1 Å². The highest BCUT2D eigenvalue weighted by atomic mass is 19.3. The molecule has 1 aromatic heterocycles. The molecule has 6 heteroatoms. The second kappa shape index (κ2) is 3.11. The van der Waals surface area contributed by atoms with Crippen LogP contribution in [0.4, 0.5) is 20.3 Å². The van der Waals surface area contributed by atoms with E-state index >= 15 is 0 Å². The standard InChI is InChI=1S/C8H12F2N4/c1-4-2-6(7(9)10)14-8(13-4)5(11)3-12-14/h3-4,6-7,13H,2,11H2,1H3. The van der Waals surface area contributed by atoms with Gasteiger partial charge in [0, 0.05) is 6.04 Å². The summed E-state index contributed by atoms with van der Waals surface area (Å²) in [5, 5.41) is 6.88. The molecule has 1 aliphatic heterocycles. The lowest BCUT2D eigenvalue weighted by molar-refractivity contribution is 0.0669. The van der Waals surface area contributed by atoms with Crippen LogP contribution >= 0.6 is 0 Å². The van der Waals surface area contributed by atoms with Crippen molar-refractivity contribution >= 4 is 11.5 Å². The van der Waals surface area contributed by atoms with E-state index in [2.05, 4.69) is 10.4 Å². The molecule has 1 aromatic rings. The van der Waals surface area contributed by atoms with Crippen molar-refractivity contribution < 1.29 is 8.78 Å². The van der Waals surface area contributed by atoms with E-state index in [9.17, 15) is 8.78 Å². The van der Waals surface area contributed by atoms with E-state index in [4.69, 9.17) is 5.73 Å². The van der Waals surface area contributed by atoms with Gasteiger partial charge in [-0.1, -0.05) is 0 Å². The Balaban J connectivity index is 2.39. The van der Waals surface area contributed by atoms with E-state index in [0.29, 0.717) is 17.9 Å². The van der Waals surface area contributed by atoms with Gasteiger partial charge in [0.2, 0.25) is 0 Å². The predicted octanol–water partition coefficient (Wildman–Crippen LogP) is 1.48. The van der Waals surface area contributed by atoms with Gasteiger partial charge < -0.3 is 11.1 Å². The lowest BCUT2D eigenvalue weighted by atomic mass is 10.1. The molecule has 0 aliphatic carbocycles. The number of aromatic nitrogens is 2. The lowest BCUT2D eigenvalue weighted by Gasteiger charge is -2.29. The summed E-state index contributed by atoms with van der Waals surface area (Å²) < 4.78 is 26.6. The SMILES string of the molecule is CC1CC(C(F)F)n2ncc(N)c2N1. The molecule has 2 heterocycles. The summed E-state index contributed by atoms with van der Waals surface area (Å²) in [6.45, 7) is 1.85. The van der Waals surface area contributed by atoms with Crippen molar-refractivity contribution in [2.75, 3.05) is 11.1 Å². The summed E-state index contributed by atoms with van der Waals surface area (Å²) >= 11 is 0. The van der Waals surface area contributed by atoms with Crippen LogP contribution in [0.15, 0.2) is 6.20 Å². The third kappa shape index (κ3) is 1.30. The number of anilines is 2. The molecular weight excluding hydrogens is 190 g/mol. The van der Waals surface area contributed by atoms with Crippen LogP contribution in [0, 0.1) is 0 Å². The highest BCUT2D eigenvalue weighted by molar-refractivity contribution is 5.62. The predicted molar refractivity (Wildman–Crippen MR) is 49.4 cm³/mol. The van der Waals surface area contributed by atoms with Gasteiger partial charge in [0.1, 0.15) is 11.9 Å². The minimum atomic E-state index is -2.41. The zero-order valence-corrected chi connectivity index (χ0v) is 7.74. The molecule has 0 spiro atoms. The molecule has 3 N–H and O–H groups in total. The molecule has 0 bridgehead atoms. The maximum atomic E-state index is 12.7. The molecule has 0 saturated heterocycles. The number of rotatable bonds is 1. The van der Waals surface area contributed by atoms with Crippen molar-refractivity contribution in [2.45, 2.75) is 31.9 Å². The van der Waals surface area contributed by atoms with Gasteiger partial charge in [0.15, 0.2) is 0 Å². The van der Waals surface area contributed by atoms with Crippen LogP contribution in [0.3, 0.4) is 0 Å². The number of nitrogens with two attached hydrogens (primary N) is 1. The van der Waals surface area contributed by atoms with Gasteiger partial charge in [0.25, 0.3) is 6.43 Å². The Hall–Kier alpha value is -1.33. The minimum Gasteiger partial charge on any atom is -0.394 e. The molecule has 2 rings (SSSR count). The van der Waals surface area contributed by atoms with Crippen molar-refractivity contribution in [3.8, 4) is 0 Å². The van der Waals surface area contributed by atoms with Crippen LogP contribution in [-0.2, 0) is 0 Å². The lowest BCUT2D eigenvalue weighted by Crippen LogP contribution is -2.33. The van der Waals surface area contributed by atoms with E-state index in [1.807, 2.05) is 6.92 Å². The Morgan fingerprint density at radius 2 is 2.43 bits per heavy atom. The first-order valence-electron chi connectivity index (χ1n) is 4.47. The number of alkyl halides is 2. The quantitative estimate of drug-likeness (QED) is 0.725. The molecule has 0 radical (unpaired) electrons. The third-order valence-electron chi connectivity index (χ3n) is 2.41. The molecular formula is C8H12F2N4. The second-order valence-electron chi connectivity index (χ2n) is 3.58. The molecule has 78 valence electrons. The van der Waals surface area contributed by atoms with E-state index in [-0.39, 0.29) is 6.04 Å². The summed E-state index contributed by atoms with van der Waals surface area (Å²) in [5.41, 5.74) is 6.01. The molecule has 14 heavy (non-hydrogen) atoms. The second-order valence-corrected chi connectivity index (χ2v) is 3.58. The van der Waals surface area contributed by atoms with Crippen LogP contribution < -0.4 is 11.1 Å². The van der Waals surface area contributed by atoms with Crippen LogP contribution in [0.25, 0.3) is 0 Å². The van der Waals surface area contributed by atoms with Crippen molar-refractivity contribution in [2.24, 2.45) is 0 Å². The smallest absolute Gasteiger partial charge is 0.260 e. The number of nitrogens with one attached hydrogen (secondary N) is 1. The number of hydrogen-bond donors (Lipinski definition) is 2. The van der Waals surface area contributed by atoms with Gasteiger partial charge in [-0.3, -0.25) is 0 Å². The third-order valence-corrected chi connectivity index (χ3v) is 2.41. The largest absolute Gasteiger partial charge is 0.394 e. The van der Waals surface area contributed by atoms with Crippen LogP contribution in [0.1, 0.15) is 19.4 Å². The van der Waals surface area contributed by atoms with E-state index in [1.165, 1.54) is 10.9 Å². The van der Waals surface area contributed by atoms with Gasteiger partial charge in [-0.05, 0) is 13.3 Å². The zero-order chi connectivity index (χ0) is 10.3. The fraction of sp³-hybridized carbons (Fsp3) is 0.625. The highest BCUT2D eigenvalue weighted by Gasteiger charge is 2.32. The molecule has 1 aliphatic rings. The Bertz CT molecular complexity index is 336. The molecule has 0 saturated carbocycles. The summed E-state index contributed by atoms with van der Waals surface area (Å²) in [4.78, 5) is 0. The molecule has 2 atom stereocenters. The van der Waals surface area contributed by atoms with Crippen molar-refractivity contribution in [3.05, 3.63) is 6.20 Å². The summed E-state index contributed by atoms with van der Waals surface area (Å²) in [7, 11) is 0. The molecule has 2 unspecified atom stereocenters. The highest BCUT2D eigenvalue weighted by Crippen LogP contribution is 2.33. The fourth-order valence-corrected chi connectivity index (χ4v) is 1.74. The Morgan fingerprint density at radius 1 is 1.71 bits per heavy atom. The van der Waals surface area contributed by atoms with Crippen LogP contribution in [-0.4, -0.2) is 22.2 Å². The first kappa shape index (κ1) is 9.23. The number of halogens is 2. The maximum absolute atomic E-state index is 12.7. The first-order chi connectivity index (χ1) is 6.59. The van der Waals surface area contributed by atoms with Crippen LogP contribution in [0.5, 0.6) is 0 Å². The van der Waals surface area contributed by atoms with Gasteiger partial charge in [0.05, 0.1) is 11.9 Å². The monoisotopic (exact) mass is 202 g/mol. The van der Waals surface area contributed by atoms with Crippen molar-refractivity contribution in [3.63, 3.8) is 0 Å². The van der Waals surface area contributed by atoms with E-state index < -0.39 is 12.5 Å². The number of nitrogen functional groups attached to an aromatic ring is 1. The fourth-order valence-electron chi connectivity index (χ4n) is 1.74. The van der Waals surface area contributed by atoms with Crippen molar-refractivity contribution in [1.29, 1.82) is 0 Å². The zero-order valence-electron chi connectivity index (χ0n) is 7.74. The molecule has 0 aromatic carbocycles. The van der Waals surface area contributed by atoms with E-state index in [1.54, 1.807) is 0 Å². The average molecular weight is 202 g/mol. The van der Waals surface area contributed by atoms with Gasteiger partial charge in [-0.2, -0.15) is 5.10 Å². The Morgan fingerprint density at radius 3 is 3.07 bits per heavy atom. The Kier molecular flexibility index (Phi) is 2.05. The van der Waals surface area contributed by atoms with Gasteiger partial charge in [-0.15, -0.1) is 0 Å². The average Bonchev–Trinajstić information content (AvgIpc) is 2.47. The maximum Gasteiger partial charge on any atom is 0.260 e. The summed E-state index contributed by atoms with van der Waals surface area (Å²) in [5.74, 6) is 0.508. The van der Waals surface area contributed by atoms with Gasteiger partial charge in [-0.25, -0.2) is 13.5 Å². The van der Waals surface area contributed by atoms with Gasteiger partial charge >= 0.3 is 0 Å². The molecule has 0 fully saturated rings. The topological polar surface area (TPSA) is 55.9 Å². The molecule has 0 amide bonds. The molecule has 4 nitrogen and oxygen atoms in total. The summed E-state index contributed by atoms with van der Waals surface area (Å²) in [6, 6.07) is -0.862. The van der Waals surface area contributed by atoms with Crippen molar-refractivity contribution in [1.82, 2.24) is 9.78 Å². The van der Waals surface area contributed by atoms with E-state index in [0.717, 1.165) is 0 Å². The minimum absolute atomic E-state index is 0.000463. The number of fused-ring (bicyclic) bond motifs is 1. The normalized spacial score (nSPS) is 26.0. The number of hydrogen-bond acceptors (Lipinski definition) is 3. The number of nitrogens with zero attached hydrogens (tertiary/aromatic N) is 2.